The van der Waals surface area contributed by atoms with Gasteiger partial charge in [0, 0.05) is 31.1 Å². The maximum atomic E-state index is 13.6. The number of nitrogens with one attached hydrogen (secondary N) is 1. The van der Waals surface area contributed by atoms with Gasteiger partial charge in [-0.05, 0) is 60.9 Å². The Kier molecular flexibility index (Phi) is 9.45. The first kappa shape index (κ1) is 29.9. The van der Waals surface area contributed by atoms with Crippen LogP contribution in [0.4, 0.5) is 4.39 Å². The van der Waals surface area contributed by atoms with Gasteiger partial charge in [-0.3, -0.25) is 19.0 Å². The molecule has 1 N–H and O–H groups in total. The second kappa shape index (κ2) is 13.6. The maximum absolute atomic E-state index is 13.6. The number of rotatable bonds is 13. The van der Waals surface area contributed by atoms with E-state index >= 15 is 0 Å². The molecule has 4 aromatic rings. The van der Waals surface area contributed by atoms with Crippen LogP contribution in [-0.2, 0) is 17.8 Å². The number of carbonyl (C=O) groups excluding carboxylic acids is 2. The van der Waals surface area contributed by atoms with E-state index in [9.17, 15) is 18.8 Å². The SMILES string of the molecule is COc1ccc(CCNC(=O)CCCn2c(SCC(=O)c3ccc(F)cc3)nc3cc4c(cc3c2=O)OCO4)cc1OC. The molecule has 0 unspecified atom stereocenters. The summed E-state index contributed by atoms with van der Waals surface area (Å²) in [5.74, 6) is 1.38. The summed E-state index contributed by atoms with van der Waals surface area (Å²) in [7, 11) is 3.14. The van der Waals surface area contributed by atoms with Crippen LogP contribution in [-0.4, -0.2) is 54.6 Å². The van der Waals surface area contributed by atoms with Crippen LogP contribution >= 0.6 is 11.8 Å². The predicted molar refractivity (Wildman–Crippen MR) is 159 cm³/mol. The first-order valence-electron chi connectivity index (χ1n) is 13.6. The highest BCUT2D eigenvalue weighted by Gasteiger charge is 2.20. The number of hydrogen-bond donors (Lipinski definition) is 1. The zero-order valence-corrected chi connectivity index (χ0v) is 24.5. The predicted octanol–water partition coefficient (Wildman–Crippen LogP) is 4.40. The van der Waals surface area contributed by atoms with Gasteiger partial charge in [-0.15, -0.1) is 0 Å². The van der Waals surface area contributed by atoms with Crippen molar-refractivity contribution in [2.24, 2.45) is 0 Å². The molecule has 0 aliphatic carbocycles. The number of benzene rings is 3. The number of halogens is 1. The number of hydrogen-bond acceptors (Lipinski definition) is 9. The molecule has 224 valence electrons. The highest BCUT2D eigenvalue weighted by Crippen LogP contribution is 2.35. The van der Waals surface area contributed by atoms with Gasteiger partial charge in [0.2, 0.25) is 12.7 Å². The molecule has 0 fully saturated rings. The number of methoxy groups -OCH3 is 2. The third-order valence-corrected chi connectivity index (χ3v) is 7.86. The average Bonchev–Trinajstić information content (AvgIpc) is 3.48. The molecular formula is C31H30FN3O7S. The first-order chi connectivity index (χ1) is 20.9. The molecule has 2 heterocycles. The van der Waals surface area contributed by atoms with Crippen molar-refractivity contribution < 1.29 is 32.9 Å². The van der Waals surface area contributed by atoms with Gasteiger partial charge in [0.25, 0.3) is 5.56 Å². The summed E-state index contributed by atoms with van der Waals surface area (Å²) in [5, 5.41) is 3.59. The van der Waals surface area contributed by atoms with Crippen molar-refractivity contribution in [2.75, 3.05) is 33.3 Å². The molecular weight excluding hydrogens is 577 g/mol. The van der Waals surface area contributed by atoms with E-state index in [-0.39, 0.29) is 42.8 Å². The molecule has 0 spiro atoms. The Bertz CT molecular complexity index is 1710. The van der Waals surface area contributed by atoms with Gasteiger partial charge in [0.15, 0.2) is 33.9 Å². The van der Waals surface area contributed by atoms with E-state index in [1.807, 2.05) is 18.2 Å². The number of carbonyl (C=O) groups is 2. The van der Waals surface area contributed by atoms with E-state index in [0.717, 1.165) is 17.3 Å². The minimum atomic E-state index is -0.432. The summed E-state index contributed by atoms with van der Waals surface area (Å²) in [4.78, 5) is 43.6. The number of thioether (sulfide) groups is 1. The van der Waals surface area contributed by atoms with Crippen molar-refractivity contribution in [3.8, 4) is 23.0 Å². The minimum absolute atomic E-state index is 0.00916. The molecule has 3 aromatic carbocycles. The average molecular weight is 608 g/mol. The maximum Gasteiger partial charge on any atom is 0.262 e. The molecule has 1 aromatic heterocycles. The first-order valence-corrected chi connectivity index (χ1v) is 14.6. The number of ether oxygens (including phenoxy) is 4. The van der Waals surface area contributed by atoms with Gasteiger partial charge in [0.1, 0.15) is 5.82 Å². The normalized spacial score (nSPS) is 11.9. The lowest BCUT2D eigenvalue weighted by atomic mass is 10.1. The number of fused-ring (bicyclic) bond motifs is 2. The Morgan fingerprint density at radius 1 is 1.02 bits per heavy atom. The van der Waals surface area contributed by atoms with Crippen molar-refractivity contribution in [3.05, 3.63) is 81.9 Å². The van der Waals surface area contributed by atoms with E-state index in [4.69, 9.17) is 18.9 Å². The highest BCUT2D eigenvalue weighted by atomic mass is 32.2. The van der Waals surface area contributed by atoms with Crippen LogP contribution in [0, 0.1) is 5.82 Å². The molecule has 1 aliphatic rings. The number of ketones is 1. The molecule has 0 saturated heterocycles. The molecule has 0 atom stereocenters. The van der Waals surface area contributed by atoms with Crippen LogP contribution < -0.4 is 29.8 Å². The minimum Gasteiger partial charge on any atom is -0.493 e. The quantitative estimate of drug-likeness (QED) is 0.134. The third-order valence-electron chi connectivity index (χ3n) is 6.88. The largest absolute Gasteiger partial charge is 0.493 e. The number of nitrogens with zero attached hydrogens (tertiary/aromatic N) is 2. The molecule has 0 radical (unpaired) electrons. The summed E-state index contributed by atoms with van der Waals surface area (Å²) in [5.41, 5.74) is 1.45. The van der Waals surface area contributed by atoms with Gasteiger partial charge < -0.3 is 24.3 Å². The smallest absolute Gasteiger partial charge is 0.262 e. The standard InChI is InChI=1S/C31H30FN3O7S/c1-39-25-10-5-19(14-26(25)40-2)11-12-33-29(37)4-3-13-35-30(38)22-15-27-28(42-18-41-27)16-23(22)34-31(35)43-17-24(36)20-6-8-21(32)9-7-20/h5-10,14-16H,3-4,11-13,17-18H2,1-2H3,(H,33,37). The summed E-state index contributed by atoms with van der Waals surface area (Å²) >= 11 is 1.11. The van der Waals surface area contributed by atoms with E-state index in [1.165, 1.54) is 28.8 Å². The second-order valence-electron chi connectivity index (χ2n) is 9.69. The number of aromatic nitrogens is 2. The van der Waals surface area contributed by atoms with E-state index in [0.29, 0.717) is 64.0 Å². The second-order valence-corrected chi connectivity index (χ2v) is 10.6. The van der Waals surface area contributed by atoms with Crippen LogP contribution in [0.3, 0.4) is 0 Å². The Hall–Kier alpha value is -4.58. The van der Waals surface area contributed by atoms with Crippen molar-refractivity contribution in [1.29, 1.82) is 0 Å². The molecule has 0 saturated carbocycles. The molecule has 43 heavy (non-hydrogen) atoms. The van der Waals surface area contributed by atoms with Gasteiger partial charge in [-0.2, -0.15) is 0 Å². The van der Waals surface area contributed by atoms with Crippen molar-refractivity contribution in [2.45, 2.75) is 31.0 Å². The van der Waals surface area contributed by atoms with Gasteiger partial charge >= 0.3 is 0 Å². The number of amides is 1. The Morgan fingerprint density at radius 3 is 2.51 bits per heavy atom. The molecule has 5 rings (SSSR count). The molecule has 1 aliphatic heterocycles. The fraction of sp³-hybridized carbons (Fsp3) is 0.290. The lowest BCUT2D eigenvalue weighted by molar-refractivity contribution is -0.121. The monoisotopic (exact) mass is 607 g/mol. The van der Waals surface area contributed by atoms with E-state index in [2.05, 4.69) is 10.3 Å². The van der Waals surface area contributed by atoms with Crippen molar-refractivity contribution in [3.63, 3.8) is 0 Å². The van der Waals surface area contributed by atoms with Gasteiger partial charge in [-0.1, -0.05) is 17.8 Å². The fourth-order valence-electron chi connectivity index (χ4n) is 4.62. The third kappa shape index (κ3) is 7.08. The van der Waals surface area contributed by atoms with Crippen LogP contribution in [0.25, 0.3) is 10.9 Å². The zero-order chi connectivity index (χ0) is 30.3. The van der Waals surface area contributed by atoms with Crippen LogP contribution in [0.1, 0.15) is 28.8 Å². The molecule has 1 amide bonds. The summed E-state index contributed by atoms with van der Waals surface area (Å²) < 4.78 is 36.2. The van der Waals surface area contributed by atoms with Crippen LogP contribution in [0.2, 0.25) is 0 Å². The fourth-order valence-corrected chi connectivity index (χ4v) is 5.54. The lowest BCUT2D eigenvalue weighted by Gasteiger charge is -2.14. The van der Waals surface area contributed by atoms with Gasteiger partial charge in [0.05, 0.1) is 30.9 Å². The van der Waals surface area contributed by atoms with Crippen molar-refractivity contribution >= 4 is 34.4 Å². The van der Waals surface area contributed by atoms with Gasteiger partial charge in [-0.25, -0.2) is 9.37 Å². The Morgan fingerprint density at radius 2 is 1.77 bits per heavy atom. The van der Waals surface area contributed by atoms with Crippen molar-refractivity contribution in [1.82, 2.24) is 14.9 Å². The van der Waals surface area contributed by atoms with E-state index in [1.54, 1.807) is 26.4 Å². The Balaban J connectivity index is 1.25. The number of Topliss-reactive ketones (excluding diaryl/α,β-unsaturated/α-hetero) is 1. The van der Waals surface area contributed by atoms with Crippen LogP contribution in [0.15, 0.2) is 64.5 Å². The molecule has 0 bridgehead atoms. The molecule has 10 nitrogen and oxygen atoms in total. The Labute approximate surface area is 251 Å². The summed E-state index contributed by atoms with van der Waals surface area (Å²) in [6.45, 7) is 0.701. The lowest BCUT2D eigenvalue weighted by Crippen LogP contribution is -2.27. The highest BCUT2D eigenvalue weighted by molar-refractivity contribution is 7.99. The van der Waals surface area contributed by atoms with Crippen LogP contribution in [0.5, 0.6) is 23.0 Å². The van der Waals surface area contributed by atoms with E-state index < -0.39 is 5.82 Å². The summed E-state index contributed by atoms with van der Waals surface area (Å²) in [6.07, 6.45) is 1.18. The zero-order valence-electron chi connectivity index (χ0n) is 23.7. The topological polar surface area (TPSA) is 118 Å². The summed E-state index contributed by atoms with van der Waals surface area (Å²) in [6, 6.07) is 14.1. The molecule has 12 heteroatoms.